The lowest BCUT2D eigenvalue weighted by molar-refractivity contribution is -0.132. The number of terminal acetylenes is 1. The van der Waals surface area contributed by atoms with Crippen molar-refractivity contribution in [3.63, 3.8) is 0 Å². The van der Waals surface area contributed by atoms with Gasteiger partial charge in [0, 0.05) is 18.5 Å². The maximum Gasteiger partial charge on any atom is 0.0787 e. The smallest absolute Gasteiger partial charge is 0.0787 e. The van der Waals surface area contributed by atoms with Gasteiger partial charge in [-0.05, 0) is 19.9 Å². The molecule has 2 aliphatic heterocycles. The minimum Gasteiger partial charge on any atom is -0.389 e. The molecule has 0 saturated carbocycles. The molecule has 0 aromatic heterocycles. The molecule has 2 heterocycles. The Bertz CT molecular complexity index is 245. The molecule has 2 bridgehead atoms. The Kier molecular flexibility index (Phi) is 2.52. The van der Waals surface area contributed by atoms with Crippen LogP contribution in [-0.2, 0) is 4.74 Å². The fraction of sp³-hybridized carbons (Fsp3) is 0.818. The first kappa shape index (κ1) is 9.97. The molecule has 2 aliphatic rings. The number of morpholine rings is 1. The zero-order chi connectivity index (χ0) is 10.2. The highest BCUT2D eigenvalue weighted by molar-refractivity contribution is 5.03. The molecule has 0 aromatic rings. The van der Waals surface area contributed by atoms with Crippen LogP contribution < -0.4 is 0 Å². The number of hydrogen-bond acceptors (Lipinski definition) is 3. The van der Waals surface area contributed by atoms with E-state index >= 15 is 0 Å². The normalized spacial score (nSPS) is 43.2. The summed E-state index contributed by atoms with van der Waals surface area (Å²) in [5.41, 5.74) is -0.652. The van der Waals surface area contributed by atoms with E-state index in [4.69, 9.17) is 11.2 Å². The summed E-state index contributed by atoms with van der Waals surface area (Å²) in [7, 11) is 2.10. The van der Waals surface area contributed by atoms with Crippen LogP contribution >= 0.6 is 0 Å². The van der Waals surface area contributed by atoms with Gasteiger partial charge in [0.05, 0.1) is 18.8 Å². The predicted molar refractivity (Wildman–Crippen MR) is 53.8 cm³/mol. The molecule has 14 heavy (non-hydrogen) atoms. The van der Waals surface area contributed by atoms with Gasteiger partial charge in [0.1, 0.15) is 0 Å². The Morgan fingerprint density at radius 1 is 1.50 bits per heavy atom. The van der Waals surface area contributed by atoms with Gasteiger partial charge in [0.25, 0.3) is 0 Å². The molecular formula is C11H17NO2. The van der Waals surface area contributed by atoms with Crippen molar-refractivity contribution in [2.75, 3.05) is 20.3 Å². The van der Waals surface area contributed by atoms with Crippen molar-refractivity contribution in [3.8, 4) is 12.3 Å². The Morgan fingerprint density at radius 2 is 2.07 bits per heavy atom. The number of piperidine rings is 1. The third-order valence-corrected chi connectivity index (χ3v) is 3.43. The van der Waals surface area contributed by atoms with Crippen LogP contribution in [0.1, 0.15) is 19.3 Å². The molecule has 78 valence electrons. The third kappa shape index (κ3) is 1.66. The third-order valence-electron chi connectivity index (χ3n) is 3.43. The Labute approximate surface area is 85.0 Å². The number of nitrogens with zero attached hydrogens (tertiary/aromatic N) is 1. The van der Waals surface area contributed by atoms with Crippen LogP contribution in [-0.4, -0.2) is 48.0 Å². The molecule has 3 nitrogen and oxygen atoms in total. The van der Waals surface area contributed by atoms with Crippen molar-refractivity contribution in [1.29, 1.82) is 0 Å². The highest BCUT2D eigenvalue weighted by atomic mass is 16.5. The van der Waals surface area contributed by atoms with Crippen molar-refractivity contribution in [3.05, 3.63) is 0 Å². The number of fused-ring (bicyclic) bond motifs is 2. The maximum atomic E-state index is 10.3. The molecule has 2 atom stereocenters. The van der Waals surface area contributed by atoms with E-state index in [1.54, 1.807) is 0 Å². The molecule has 0 radical (unpaired) electrons. The van der Waals surface area contributed by atoms with Crippen molar-refractivity contribution in [2.45, 2.75) is 36.9 Å². The van der Waals surface area contributed by atoms with Crippen LogP contribution in [0.3, 0.4) is 0 Å². The van der Waals surface area contributed by atoms with Gasteiger partial charge < -0.3 is 9.84 Å². The predicted octanol–water partition coefficient (Wildman–Crippen LogP) is 0.234. The molecule has 0 aromatic carbocycles. The van der Waals surface area contributed by atoms with Gasteiger partial charge in [-0.25, -0.2) is 0 Å². The Morgan fingerprint density at radius 3 is 2.57 bits per heavy atom. The lowest BCUT2D eigenvalue weighted by atomic mass is 9.80. The summed E-state index contributed by atoms with van der Waals surface area (Å²) in [5.74, 6) is 2.57. The monoisotopic (exact) mass is 195 g/mol. The minimum absolute atomic E-state index is 0.334. The van der Waals surface area contributed by atoms with Crippen molar-refractivity contribution < 1.29 is 9.84 Å². The fourth-order valence-corrected chi connectivity index (χ4v) is 2.57. The number of rotatable bonds is 1. The fourth-order valence-electron chi connectivity index (χ4n) is 2.57. The van der Waals surface area contributed by atoms with E-state index in [1.807, 2.05) is 0 Å². The van der Waals surface area contributed by atoms with Crippen molar-refractivity contribution in [2.24, 2.45) is 0 Å². The summed E-state index contributed by atoms with van der Waals surface area (Å²) < 4.78 is 5.47. The highest BCUT2D eigenvalue weighted by Gasteiger charge is 2.43. The van der Waals surface area contributed by atoms with Crippen LogP contribution in [0.5, 0.6) is 0 Å². The van der Waals surface area contributed by atoms with E-state index in [1.165, 1.54) is 0 Å². The average molecular weight is 195 g/mol. The van der Waals surface area contributed by atoms with Crippen LogP contribution in [0, 0.1) is 12.3 Å². The van der Waals surface area contributed by atoms with E-state index in [2.05, 4.69) is 17.9 Å². The van der Waals surface area contributed by atoms with Crippen LogP contribution in [0.2, 0.25) is 0 Å². The van der Waals surface area contributed by atoms with Crippen molar-refractivity contribution >= 4 is 0 Å². The molecule has 0 spiro atoms. The second kappa shape index (κ2) is 3.54. The zero-order valence-corrected chi connectivity index (χ0v) is 8.57. The highest BCUT2D eigenvalue weighted by Crippen LogP contribution is 2.35. The molecule has 0 amide bonds. The SMILES string of the molecule is C#CCC1(O)CC2COCC(C1)N2C. The second-order valence-electron chi connectivity index (χ2n) is 4.52. The molecule has 2 rings (SSSR count). The molecule has 0 aliphatic carbocycles. The van der Waals surface area contributed by atoms with Gasteiger partial charge in [0.15, 0.2) is 0 Å². The topological polar surface area (TPSA) is 32.7 Å². The van der Waals surface area contributed by atoms with Gasteiger partial charge in [-0.2, -0.15) is 0 Å². The van der Waals surface area contributed by atoms with Crippen LogP contribution in [0.25, 0.3) is 0 Å². The molecule has 1 N–H and O–H groups in total. The Balaban J connectivity index is 2.11. The molecule has 2 unspecified atom stereocenters. The van der Waals surface area contributed by atoms with E-state index in [0.29, 0.717) is 18.5 Å². The number of ether oxygens (including phenoxy) is 1. The number of aliphatic hydroxyl groups is 1. The van der Waals surface area contributed by atoms with Gasteiger partial charge >= 0.3 is 0 Å². The van der Waals surface area contributed by atoms with Gasteiger partial charge in [0.2, 0.25) is 0 Å². The Hall–Kier alpha value is -0.560. The van der Waals surface area contributed by atoms with Crippen molar-refractivity contribution in [1.82, 2.24) is 4.90 Å². The summed E-state index contributed by atoms with van der Waals surface area (Å²) in [5, 5.41) is 10.3. The maximum absolute atomic E-state index is 10.3. The first-order chi connectivity index (χ1) is 6.64. The zero-order valence-electron chi connectivity index (χ0n) is 8.57. The molecular weight excluding hydrogens is 178 g/mol. The molecule has 2 saturated heterocycles. The summed E-state index contributed by atoms with van der Waals surface area (Å²) in [6.45, 7) is 1.44. The summed E-state index contributed by atoms with van der Waals surface area (Å²) >= 11 is 0. The summed E-state index contributed by atoms with van der Waals surface area (Å²) in [6.07, 6.45) is 7.22. The van der Waals surface area contributed by atoms with E-state index < -0.39 is 5.60 Å². The number of likely N-dealkylation sites (N-methyl/N-ethyl adjacent to an activating group) is 1. The first-order valence-corrected chi connectivity index (χ1v) is 5.10. The van der Waals surface area contributed by atoms with Crippen LogP contribution in [0.4, 0.5) is 0 Å². The van der Waals surface area contributed by atoms with E-state index in [0.717, 1.165) is 26.1 Å². The van der Waals surface area contributed by atoms with Gasteiger partial charge in [-0.3, -0.25) is 4.90 Å². The minimum atomic E-state index is -0.652. The molecule has 3 heteroatoms. The standard InChI is InChI=1S/C11H17NO2/c1-3-4-11(13)5-9-7-14-8-10(6-11)12(9)2/h1,9-10,13H,4-8H2,2H3. The number of hydrogen-bond donors (Lipinski definition) is 1. The summed E-state index contributed by atoms with van der Waals surface area (Å²) in [6, 6.07) is 0.668. The average Bonchev–Trinajstić information content (AvgIpc) is 2.08. The van der Waals surface area contributed by atoms with Crippen LogP contribution in [0.15, 0.2) is 0 Å². The van der Waals surface area contributed by atoms with E-state index in [9.17, 15) is 5.11 Å². The summed E-state index contributed by atoms with van der Waals surface area (Å²) in [4.78, 5) is 2.31. The second-order valence-corrected chi connectivity index (χ2v) is 4.52. The largest absolute Gasteiger partial charge is 0.389 e. The van der Waals surface area contributed by atoms with Gasteiger partial charge in [-0.15, -0.1) is 12.3 Å². The lowest BCUT2D eigenvalue weighted by Crippen LogP contribution is -2.60. The molecule has 2 fully saturated rings. The quantitative estimate of drug-likeness (QED) is 0.608. The van der Waals surface area contributed by atoms with Gasteiger partial charge in [-0.1, -0.05) is 0 Å². The first-order valence-electron chi connectivity index (χ1n) is 5.10. The lowest BCUT2D eigenvalue weighted by Gasteiger charge is -2.49. The van der Waals surface area contributed by atoms with E-state index in [-0.39, 0.29) is 0 Å².